The zero-order valence-electron chi connectivity index (χ0n) is 7.88. The summed E-state index contributed by atoms with van der Waals surface area (Å²) in [4.78, 5) is 3.27. The lowest BCUT2D eigenvalue weighted by Crippen LogP contribution is -2.33. The van der Waals surface area contributed by atoms with Crippen molar-refractivity contribution >= 4 is 43.2 Å². The summed E-state index contributed by atoms with van der Waals surface area (Å²) in [5, 5.41) is 2.15. The number of rotatable bonds is 2. The van der Waals surface area contributed by atoms with Crippen LogP contribution >= 0.6 is 43.2 Å². The van der Waals surface area contributed by atoms with Gasteiger partial charge >= 0.3 is 0 Å². The molecule has 1 aromatic heterocycles. The van der Waals surface area contributed by atoms with Gasteiger partial charge in [0.15, 0.2) is 0 Å². The van der Waals surface area contributed by atoms with E-state index < -0.39 is 0 Å². The molecule has 0 aliphatic carbocycles. The van der Waals surface area contributed by atoms with Crippen LogP contribution in [-0.2, 0) is 6.54 Å². The monoisotopic (exact) mass is 337 g/mol. The van der Waals surface area contributed by atoms with Crippen molar-refractivity contribution in [3.63, 3.8) is 0 Å². The van der Waals surface area contributed by atoms with Gasteiger partial charge in [-0.25, -0.2) is 0 Å². The maximum Gasteiger partial charge on any atom is 0.0743 e. The van der Waals surface area contributed by atoms with E-state index in [0.29, 0.717) is 0 Å². The minimum Gasteiger partial charge on any atom is -0.299 e. The summed E-state index contributed by atoms with van der Waals surface area (Å²) in [5.74, 6) is 0. The van der Waals surface area contributed by atoms with Crippen LogP contribution in [0, 0.1) is 0 Å². The molecule has 0 saturated carbocycles. The molecule has 0 atom stereocenters. The highest BCUT2D eigenvalue weighted by molar-refractivity contribution is 9.11. The highest BCUT2D eigenvalue weighted by atomic mass is 79.9. The Morgan fingerprint density at radius 3 is 2.71 bits per heavy atom. The second-order valence-electron chi connectivity index (χ2n) is 3.67. The summed E-state index contributed by atoms with van der Waals surface area (Å²) in [7, 11) is 0. The largest absolute Gasteiger partial charge is 0.299 e. The number of hydrogen-bond donors (Lipinski definition) is 0. The lowest BCUT2D eigenvalue weighted by atomic mass is 10.1. The number of halogens is 2. The van der Waals surface area contributed by atoms with Crippen molar-refractivity contribution in [1.29, 1.82) is 0 Å². The third kappa shape index (κ3) is 2.81. The SMILES string of the molecule is Brc1sccc1CN1CCC(Br)CC1. The number of hydrogen-bond acceptors (Lipinski definition) is 2. The Bertz CT molecular complexity index is 292. The van der Waals surface area contributed by atoms with Crippen LogP contribution in [0.3, 0.4) is 0 Å². The van der Waals surface area contributed by atoms with Crippen molar-refractivity contribution in [3.05, 3.63) is 20.8 Å². The van der Waals surface area contributed by atoms with Gasteiger partial charge in [-0.2, -0.15) is 0 Å². The van der Waals surface area contributed by atoms with Crippen LogP contribution in [-0.4, -0.2) is 22.8 Å². The fourth-order valence-corrected chi connectivity index (χ4v) is 3.36. The summed E-state index contributed by atoms with van der Waals surface area (Å²) in [6.07, 6.45) is 2.56. The van der Waals surface area contributed by atoms with Gasteiger partial charge < -0.3 is 0 Å². The van der Waals surface area contributed by atoms with Gasteiger partial charge in [0, 0.05) is 11.4 Å². The molecule has 14 heavy (non-hydrogen) atoms. The van der Waals surface area contributed by atoms with E-state index in [1.807, 2.05) is 0 Å². The van der Waals surface area contributed by atoms with Crippen molar-refractivity contribution < 1.29 is 0 Å². The molecule has 1 aliphatic rings. The zero-order valence-corrected chi connectivity index (χ0v) is 11.9. The van der Waals surface area contributed by atoms with E-state index in [1.165, 1.54) is 35.3 Å². The van der Waals surface area contributed by atoms with Crippen LogP contribution < -0.4 is 0 Å². The molecule has 78 valence electrons. The smallest absolute Gasteiger partial charge is 0.0743 e. The third-order valence-corrected chi connectivity index (χ3v) is 5.33. The molecule has 1 nitrogen and oxygen atoms in total. The average Bonchev–Trinajstić information content (AvgIpc) is 2.56. The lowest BCUT2D eigenvalue weighted by molar-refractivity contribution is 0.226. The van der Waals surface area contributed by atoms with Gasteiger partial charge in [0.2, 0.25) is 0 Å². The highest BCUT2D eigenvalue weighted by Crippen LogP contribution is 2.26. The van der Waals surface area contributed by atoms with Gasteiger partial charge in [-0.15, -0.1) is 11.3 Å². The molecule has 1 aliphatic heterocycles. The minimum atomic E-state index is 0.740. The van der Waals surface area contributed by atoms with Crippen molar-refractivity contribution in [2.75, 3.05) is 13.1 Å². The first kappa shape index (κ1) is 11.1. The molecule has 0 aromatic carbocycles. The van der Waals surface area contributed by atoms with Crippen LogP contribution in [0.25, 0.3) is 0 Å². The first-order valence-electron chi connectivity index (χ1n) is 4.84. The third-order valence-electron chi connectivity index (χ3n) is 2.60. The number of likely N-dealkylation sites (tertiary alicyclic amines) is 1. The van der Waals surface area contributed by atoms with E-state index in [4.69, 9.17) is 0 Å². The van der Waals surface area contributed by atoms with Crippen molar-refractivity contribution in [1.82, 2.24) is 4.90 Å². The second-order valence-corrected chi connectivity index (χ2v) is 7.20. The van der Waals surface area contributed by atoms with Gasteiger partial charge in [0.1, 0.15) is 0 Å². The summed E-state index contributed by atoms with van der Waals surface area (Å²) in [5.41, 5.74) is 1.43. The molecule has 0 spiro atoms. The van der Waals surface area contributed by atoms with Gasteiger partial charge in [0.25, 0.3) is 0 Å². The van der Waals surface area contributed by atoms with E-state index in [0.717, 1.165) is 11.4 Å². The van der Waals surface area contributed by atoms with E-state index >= 15 is 0 Å². The zero-order chi connectivity index (χ0) is 9.97. The number of nitrogens with zero attached hydrogens (tertiary/aromatic N) is 1. The predicted molar refractivity (Wildman–Crippen MR) is 69.2 cm³/mol. The summed E-state index contributed by atoms with van der Waals surface area (Å²) in [6.45, 7) is 3.54. The molecule has 0 radical (unpaired) electrons. The van der Waals surface area contributed by atoms with Crippen LogP contribution in [0.15, 0.2) is 15.2 Å². The Morgan fingerprint density at radius 1 is 1.43 bits per heavy atom. The average molecular weight is 339 g/mol. The fraction of sp³-hybridized carbons (Fsp3) is 0.600. The first-order valence-corrected chi connectivity index (χ1v) is 7.43. The van der Waals surface area contributed by atoms with Gasteiger partial charge in [-0.1, -0.05) is 15.9 Å². The molecule has 4 heteroatoms. The molecule has 0 amide bonds. The van der Waals surface area contributed by atoms with Crippen molar-refractivity contribution in [3.8, 4) is 0 Å². The standard InChI is InChI=1S/C10H13Br2NS/c11-9-1-4-13(5-2-9)7-8-3-6-14-10(8)12/h3,6,9H,1-2,4-5,7H2. The van der Waals surface area contributed by atoms with Crippen molar-refractivity contribution in [2.24, 2.45) is 0 Å². The molecular formula is C10H13Br2NS. The lowest BCUT2D eigenvalue weighted by Gasteiger charge is -2.29. The summed E-state index contributed by atoms with van der Waals surface area (Å²) < 4.78 is 1.29. The Labute approximate surface area is 106 Å². The molecular weight excluding hydrogens is 326 g/mol. The maximum atomic E-state index is 3.67. The van der Waals surface area contributed by atoms with Crippen LogP contribution in [0.4, 0.5) is 0 Å². The quantitative estimate of drug-likeness (QED) is 0.740. The minimum absolute atomic E-state index is 0.740. The topological polar surface area (TPSA) is 3.24 Å². The Morgan fingerprint density at radius 2 is 2.14 bits per heavy atom. The molecule has 0 bridgehead atoms. The molecule has 1 aromatic rings. The molecule has 0 unspecified atom stereocenters. The Kier molecular flexibility index (Phi) is 4.05. The Balaban J connectivity index is 1.89. The fourth-order valence-electron chi connectivity index (χ4n) is 1.73. The normalized spacial score (nSPS) is 20.1. The Hall–Kier alpha value is 0.620. The van der Waals surface area contributed by atoms with Gasteiger partial charge in [0.05, 0.1) is 3.79 Å². The maximum absolute atomic E-state index is 3.67. The number of piperidine rings is 1. The first-order chi connectivity index (χ1) is 6.75. The molecule has 1 saturated heterocycles. The van der Waals surface area contributed by atoms with E-state index in [9.17, 15) is 0 Å². The van der Waals surface area contributed by atoms with E-state index in [1.54, 1.807) is 11.3 Å². The van der Waals surface area contributed by atoms with Gasteiger partial charge in [-0.05, 0) is 58.9 Å². The van der Waals surface area contributed by atoms with Crippen molar-refractivity contribution in [2.45, 2.75) is 24.2 Å². The van der Waals surface area contributed by atoms with E-state index in [2.05, 4.69) is 48.2 Å². The number of alkyl halides is 1. The van der Waals surface area contributed by atoms with Crippen LogP contribution in [0.1, 0.15) is 18.4 Å². The molecule has 0 N–H and O–H groups in total. The molecule has 1 fully saturated rings. The van der Waals surface area contributed by atoms with Crippen LogP contribution in [0.5, 0.6) is 0 Å². The highest BCUT2D eigenvalue weighted by Gasteiger charge is 2.17. The molecule has 2 heterocycles. The van der Waals surface area contributed by atoms with E-state index in [-0.39, 0.29) is 0 Å². The summed E-state index contributed by atoms with van der Waals surface area (Å²) >= 11 is 9.04. The molecule has 2 rings (SSSR count). The second kappa shape index (κ2) is 5.10. The van der Waals surface area contributed by atoms with Crippen LogP contribution in [0.2, 0.25) is 0 Å². The summed E-state index contributed by atoms with van der Waals surface area (Å²) in [6, 6.07) is 2.22. The van der Waals surface area contributed by atoms with Gasteiger partial charge in [-0.3, -0.25) is 4.90 Å². The predicted octanol–water partition coefficient (Wildman–Crippen LogP) is 3.87. The number of thiophene rings is 1.